The third-order valence-corrected chi connectivity index (χ3v) is 4.02. The highest BCUT2D eigenvalue weighted by molar-refractivity contribution is 7.12. The first-order valence-corrected chi connectivity index (χ1v) is 6.58. The van der Waals surface area contributed by atoms with Crippen LogP contribution in [-0.4, -0.2) is 24.0 Å². The highest BCUT2D eigenvalue weighted by Crippen LogP contribution is 2.32. The molecule has 0 fully saturated rings. The van der Waals surface area contributed by atoms with Gasteiger partial charge in [-0.25, -0.2) is 4.79 Å². The molecule has 0 spiro atoms. The summed E-state index contributed by atoms with van der Waals surface area (Å²) in [7, 11) is 0. The van der Waals surface area contributed by atoms with Crippen molar-refractivity contribution in [2.24, 2.45) is 11.1 Å². The Hall–Kier alpha value is -1.36. The molecule has 1 aromatic rings. The summed E-state index contributed by atoms with van der Waals surface area (Å²) in [6.45, 7) is 2.22. The van der Waals surface area contributed by atoms with Crippen LogP contribution in [0.5, 0.6) is 0 Å². The second-order valence-electron chi connectivity index (χ2n) is 4.06. The molecule has 1 heterocycles. The van der Waals surface area contributed by atoms with Crippen LogP contribution in [0.3, 0.4) is 0 Å². The van der Waals surface area contributed by atoms with Gasteiger partial charge in [-0.15, -0.1) is 16.5 Å². The van der Waals surface area contributed by atoms with Gasteiger partial charge in [-0.2, -0.15) is 0 Å². The number of nitrogens with zero attached hydrogens (tertiary/aromatic N) is 1. The molecule has 4 nitrogen and oxygen atoms in total. The average Bonchev–Trinajstić information content (AvgIpc) is 2.73. The van der Waals surface area contributed by atoms with E-state index < -0.39 is 0 Å². The highest BCUT2D eigenvalue weighted by Gasteiger charge is 2.24. The Labute approximate surface area is 104 Å². The first-order chi connectivity index (χ1) is 8.26. The van der Waals surface area contributed by atoms with Crippen LogP contribution in [0.1, 0.15) is 34.1 Å². The van der Waals surface area contributed by atoms with Crippen molar-refractivity contribution in [1.29, 1.82) is 0 Å². The quantitative estimate of drug-likeness (QED) is 0.389. The molecule has 0 amide bonds. The monoisotopic (exact) mass is 253 g/mol. The summed E-state index contributed by atoms with van der Waals surface area (Å²) in [5.74, 6) is 0.0603. The summed E-state index contributed by atoms with van der Waals surface area (Å²) in [6, 6.07) is 0. The number of esters is 1. The molecule has 0 aliphatic heterocycles. The molecule has 1 aliphatic carbocycles. The van der Waals surface area contributed by atoms with E-state index in [0.717, 1.165) is 29.7 Å². The van der Waals surface area contributed by atoms with Gasteiger partial charge in [-0.05, 0) is 42.7 Å². The maximum Gasteiger partial charge on any atom is 0.348 e. The molecule has 0 saturated heterocycles. The molecule has 0 radical (unpaired) electrons. The van der Waals surface area contributed by atoms with Crippen molar-refractivity contribution in [3.05, 3.63) is 21.4 Å². The van der Waals surface area contributed by atoms with Crippen LogP contribution in [-0.2, 0) is 17.6 Å². The number of oxime groups is 1. The molecular formula is C12H15NO3S. The van der Waals surface area contributed by atoms with Crippen LogP contribution in [0.2, 0.25) is 0 Å². The van der Waals surface area contributed by atoms with Crippen molar-refractivity contribution in [1.82, 2.24) is 0 Å². The maximum absolute atomic E-state index is 11.7. The number of thiophene rings is 1. The van der Waals surface area contributed by atoms with E-state index in [1.54, 1.807) is 6.21 Å². The van der Waals surface area contributed by atoms with Crippen molar-refractivity contribution in [2.75, 3.05) is 6.61 Å². The Kier molecular flexibility index (Phi) is 3.78. The SMILES string of the molecule is CCOC(=O)c1scc2c1CCC(C=NO)C2. The molecule has 0 bridgehead atoms. The number of fused-ring (bicyclic) bond motifs is 1. The molecule has 5 heteroatoms. The zero-order valence-corrected chi connectivity index (χ0v) is 10.5. The van der Waals surface area contributed by atoms with Gasteiger partial charge in [0.05, 0.1) is 6.61 Å². The third-order valence-electron chi connectivity index (χ3n) is 2.97. The van der Waals surface area contributed by atoms with Crippen molar-refractivity contribution in [3.8, 4) is 0 Å². The zero-order valence-electron chi connectivity index (χ0n) is 9.68. The first-order valence-electron chi connectivity index (χ1n) is 5.70. The molecule has 0 saturated carbocycles. The minimum atomic E-state index is -0.215. The third kappa shape index (κ3) is 2.49. The van der Waals surface area contributed by atoms with Crippen LogP contribution in [0.15, 0.2) is 10.5 Å². The average molecular weight is 253 g/mol. The van der Waals surface area contributed by atoms with E-state index in [2.05, 4.69) is 5.16 Å². The Morgan fingerprint density at radius 3 is 3.29 bits per heavy atom. The fourth-order valence-electron chi connectivity index (χ4n) is 2.17. The molecule has 1 N–H and O–H groups in total. The second-order valence-corrected chi connectivity index (χ2v) is 4.94. The van der Waals surface area contributed by atoms with E-state index >= 15 is 0 Å². The zero-order chi connectivity index (χ0) is 12.3. The number of hydrogen-bond acceptors (Lipinski definition) is 5. The molecular weight excluding hydrogens is 238 g/mol. The van der Waals surface area contributed by atoms with E-state index in [-0.39, 0.29) is 11.9 Å². The summed E-state index contributed by atoms with van der Waals surface area (Å²) in [6.07, 6.45) is 4.18. The van der Waals surface area contributed by atoms with Gasteiger partial charge in [-0.1, -0.05) is 0 Å². The van der Waals surface area contributed by atoms with Gasteiger partial charge < -0.3 is 9.94 Å². The van der Waals surface area contributed by atoms with Gasteiger partial charge in [0.2, 0.25) is 0 Å². The standard InChI is InChI=1S/C12H15NO3S/c1-2-16-12(14)11-10-4-3-8(6-13-15)5-9(10)7-17-11/h6-8,15H,2-5H2,1H3. The fourth-order valence-corrected chi connectivity index (χ4v) is 3.20. The van der Waals surface area contributed by atoms with Gasteiger partial charge in [0.25, 0.3) is 0 Å². The molecule has 1 aliphatic rings. The van der Waals surface area contributed by atoms with Gasteiger partial charge >= 0.3 is 5.97 Å². The van der Waals surface area contributed by atoms with E-state index in [9.17, 15) is 4.79 Å². The van der Waals surface area contributed by atoms with Gasteiger partial charge in [0.1, 0.15) is 4.88 Å². The molecule has 1 aromatic heterocycles. The summed E-state index contributed by atoms with van der Waals surface area (Å²) >= 11 is 1.45. The van der Waals surface area contributed by atoms with Crippen molar-refractivity contribution < 1.29 is 14.7 Å². The lowest BCUT2D eigenvalue weighted by molar-refractivity contribution is 0.0530. The summed E-state index contributed by atoms with van der Waals surface area (Å²) in [5, 5.41) is 13.6. The largest absolute Gasteiger partial charge is 0.462 e. The van der Waals surface area contributed by atoms with Gasteiger partial charge in [0, 0.05) is 12.1 Å². The molecule has 1 unspecified atom stereocenters. The molecule has 0 aromatic carbocycles. The number of ether oxygens (including phenoxy) is 1. The summed E-state index contributed by atoms with van der Waals surface area (Å²) in [5.41, 5.74) is 2.31. The Morgan fingerprint density at radius 1 is 1.76 bits per heavy atom. The molecule has 2 rings (SSSR count). The van der Waals surface area contributed by atoms with E-state index in [0.29, 0.717) is 6.61 Å². The van der Waals surface area contributed by atoms with Crippen LogP contribution in [0.4, 0.5) is 0 Å². The lowest BCUT2D eigenvalue weighted by atomic mass is 9.86. The number of rotatable bonds is 3. The topological polar surface area (TPSA) is 58.9 Å². The van der Waals surface area contributed by atoms with E-state index in [1.807, 2.05) is 12.3 Å². The predicted molar refractivity (Wildman–Crippen MR) is 66.1 cm³/mol. The van der Waals surface area contributed by atoms with Gasteiger partial charge in [0.15, 0.2) is 0 Å². The minimum absolute atomic E-state index is 0.215. The summed E-state index contributed by atoms with van der Waals surface area (Å²) in [4.78, 5) is 12.4. The number of hydrogen-bond donors (Lipinski definition) is 1. The Balaban J connectivity index is 2.18. The van der Waals surface area contributed by atoms with Crippen molar-refractivity contribution >= 4 is 23.5 Å². The number of carbonyl (C=O) groups excluding carboxylic acids is 1. The van der Waals surface area contributed by atoms with E-state index in [4.69, 9.17) is 9.94 Å². The predicted octanol–water partition coefficient (Wildman–Crippen LogP) is 2.49. The summed E-state index contributed by atoms with van der Waals surface area (Å²) < 4.78 is 5.03. The normalized spacial score (nSPS) is 19.2. The molecule has 1 atom stereocenters. The second kappa shape index (κ2) is 5.31. The maximum atomic E-state index is 11.7. The van der Waals surface area contributed by atoms with Gasteiger partial charge in [-0.3, -0.25) is 0 Å². The lowest BCUT2D eigenvalue weighted by Gasteiger charge is -2.18. The number of carbonyl (C=O) groups is 1. The lowest BCUT2D eigenvalue weighted by Crippen LogP contribution is -2.16. The van der Waals surface area contributed by atoms with Crippen LogP contribution in [0, 0.1) is 5.92 Å². The Morgan fingerprint density at radius 2 is 2.59 bits per heavy atom. The Bertz CT molecular complexity index is 439. The van der Waals surface area contributed by atoms with Crippen LogP contribution >= 0.6 is 11.3 Å². The van der Waals surface area contributed by atoms with Crippen molar-refractivity contribution in [2.45, 2.75) is 26.2 Å². The molecule has 92 valence electrons. The highest BCUT2D eigenvalue weighted by atomic mass is 32.1. The van der Waals surface area contributed by atoms with Crippen molar-refractivity contribution in [3.63, 3.8) is 0 Å². The smallest absolute Gasteiger partial charge is 0.348 e. The first kappa shape index (κ1) is 12.1. The van der Waals surface area contributed by atoms with Crippen LogP contribution in [0.25, 0.3) is 0 Å². The fraction of sp³-hybridized carbons (Fsp3) is 0.500. The minimum Gasteiger partial charge on any atom is -0.462 e. The van der Waals surface area contributed by atoms with Crippen LogP contribution < -0.4 is 0 Å². The molecule has 17 heavy (non-hydrogen) atoms. The van der Waals surface area contributed by atoms with E-state index in [1.165, 1.54) is 16.9 Å².